The van der Waals surface area contributed by atoms with Crippen LogP contribution in [-0.2, 0) is 4.74 Å². The first-order chi connectivity index (χ1) is 6.77. The van der Waals surface area contributed by atoms with Crippen LogP contribution < -0.4 is 11.1 Å². The van der Waals surface area contributed by atoms with Crippen LogP contribution in [0.1, 0.15) is 25.7 Å². The SMILES string of the molecule is CNC(=O)OCC1CCCCC1CN. The standard InChI is InChI=1S/C10H20N2O2/c1-12-10(13)14-7-9-5-3-2-4-8(9)6-11/h8-9H,2-7,11H2,1H3,(H,12,13). The van der Waals surface area contributed by atoms with Crippen LogP contribution in [0.25, 0.3) is 0 Å². The summed E-state index contributed by atoms with van der Waals surface area (Å²) in [5.74, 6) is 0.999. The minimum Gasteiger partial charge on any atom is -0.449 e. The van der Waals surface area contributed by atoms with E-state index in [-0.39, 0.29) is 6.09 Å². The number of nitrogens with one attached hydrogen (secondary N) is 1. The Kier molecular flexibility index (Phi) is 4.73. The van der Waals surface area contributed by atoms with E-state index in [9.17, 15) is 4.79 Å². The van der Waals surface area contributed by atoms with E-state index >= 15 is 0 Å². The highest BCUT2D eigenvalue weighted by atomic mass is 16.5. The van der Waals surface area contributed by atoms with Crippen LogP contribution in [0.15, 0.2) is 0 Å². The lowest BCUT2D eigenvalue weighted by Gasteiger charge is -2.29. The maximum absolute atomic E-state index is 10.9. The minimum atomic E-state index is -0.341. The van der Waals surface area contributed by atoms with Gasteiger partial charge in [0.1, 0.15) is 0 Å². The lowest BCUT2D eigenvalue weighted by Crippen LogP contribution is -2.32. The zero-order valence-corrected chi connectivity index (χ0v) is 8.79. The summed E-state index contributed by atoms with van der Waals surface area (Å²) in [4.78, 5) is 10.9. The van der Waals surface area contributed by atoms with Crippen molar-refractivity contribution in [2.24, 2.45) is 17.6 Å². The lowest BCUT2D eigenvalue weighted by molar-refractivity contribution is 0.0955. The van der Waals surface area contributed by atoms with Gasteiger partial charge in [-0.2, -0.15) is 0 Å². The molecular formula is C10H20N2O2. The topological polar surface area (TPSA) is 64.3 Å². The number of hydrogen-bond acceptors (Lipinski definition) is 3. The van der Waals surface area contributed by atoms with E-state index in [1.807, 2.05) is 0 Å². The fraction of sp³-hybridized carbons (Fsp3) is 0.900. The van der Waals surface area contributed by atoms with E-state index in [1.165, 1.54) is 19.3 Å². The molecule has 0 aromatic carbocycles. The van der Waals surface area contributed by atoms with Crippen LogP contribution in [0.3, 0.4) is 0 Å². The molecule has 4 heteroatoms. The first-order valence-electron chi connectivity index (χ1n) is 5.32. The van der Waals surface area contributed by atoms with Gasteiger partial charge in [0, 0.05) is 7.05 Å². The maximum atomic E-state index is 10.9. The van der Waals surface area contributed by atoms with Crippen molar-refractivity contribution in [3.63, 3.8) is 0 Å². The number of hydrogen-bond donors (Lipinski definition) is 2. The number of rotatable bonds is 3. The number of ether oxygens (including phenoxy) is 1. The highest BCUT2D eigenvalue weighted by molar-refractivity contribution is 5.66. The molecule has 1 saturated carbocycles. The quantitative estimate of drug-likeness (QED) is 0.717. The zero-order chi connectivity index (χ0) is 10.4. The van der Waals surface area contributed by atoms with Crippen LogP contribution in [0, 0.1) is 11.8 Å². The van der Waals surface area contributed by atoms with Gasteiger partial charge in [0.25, 0.3) is 0 Å². The second kappa shape index (κ2) is 5.86. The molecule has 0 saturated heterocycles. The van der Waals surface area contributed by atoms with Crippen molar-refractivity contribution in [1.82, 2.24) is 5.32 Å². The van der Waals surface area contributed by atoms with Crippen LogP contribution in [0.4, 0.5) is 4.79 Å². The van der Waals surface area contributed by atoms with Gasteiger partial charge >= 0.3 is 6.09 Å². The Morgan fingerprint density at radius 3 is 2.64 bits per heavy atom. The maximum Gasteiger partial charge on any atom is 0.406 e. The molecule has 3 N–H and O–H groups in total. The van der Waals surface area contributed by atoms with E-state index in [0.717, 1.165) is 6.42 Å². The Balaban J connectivity index is 2.29. The summed E-state index contributed by atoms with van der Waals surface area (Å²) in [6, 6.07) is 0. The zero-order valence-electron chi connectivity index (χ0n) is 8.79. The summed E-state index contributed by atoms with van der Waals surface area (Å²) < 4.78 is 5.06. The molecule has 1 fully saturated rings. The predicted molar refractivity (Wildman–Crippen MR) is 54.9 cm³/mol. The summed E-state index contributed by atoms with van der Waals surface area (Å²) in [7, 11) is 1.57. The van der Waals surface area contributed by atoms with Crippen molar-refractivity contribution in [1.29, 1.82) is 0 Å². The second-order valence-corrected chi connectivity index (χ2v) is 3.89. The summed E-state index contributed by atoms with van der Waals surface area (Å²) in [5.41, 5.74) is 5.68. The van der Waals surface area contributed by atoms with E-state index in [2.05, 4.69) is 5.32 Å². The summed E-state index contributed by atoms with van der Waals surface area (Å²) in [6.07, 6.45) is 4.47. The molecule has 2 unspecified atom stereocenters. The molecule has 1 aliphatic rings. The summed E-state index contributed by atoms with van der Waals surface area (Å²) in [5, 5.41) is 2.44. The Morgan fingerprint density at radius 1 is 1.43 bits per heavy atom. The monoisotopic (exact) mass is 200 g/mol. The fourth-order valence-electron chi connectivity index (χ4n) is 2.07. The van der Waals surface area contributed by atoms with Crippen LogP contribution in [-0.4, -0.2) is 26.3 Å². The van der Waals surface area contributed by atoms with Crippen molar-refractivity contribution in [3.8, 4) is 0 Å². The van der Waals surface area contributed by atoms with Crippen LogP contribution >= 0.6 is 0 Å². The molecule has 0 heterocycles. The van der Waals surface area contributed by atoms with Gasteiger partial charge in [-0.3, -0.25) is 0 Å². The average Bonchev–Trinajstić information content (AvgIpc) is 2.26. The molecule has 0 bridgehead atoms. The smallest absolute Gasteiger partial charge is 0.406 e. The third-order valence-electron chi connectivity index (χ3n) is 3.00. The molecule has 14 heavy (non-hydrogen) atoms. The molecule has 1 aliphatic carbocycles. The molecule has 0 aliphatic heterocycles. The molecule has 0 aromatic heterocycles. The Bertz CT molecular complexity index is 185. The number of carbonyl (C=O) groups excluding carboxylic acids is 1. The molecule has 1 amide bonds. The highest BCUT2D eigenvalue weighted by Gasteiger charge is 2.24. The third kappa shape index (κ3) is 3.18. The van der Waals surface area contributed by atoms with E-state index in [4.69, 9.17) is 10.5 Å². The number of nitrogens with two attached hydrogens (primary N) is 1. The normalized spacial score (nSPS) is 27.0. The molecule has 2 atom stereocenters. The van der Waals surface area contributed by atoms with Crippen molar-refractivity contribution < 1.29 is 9.53 Å². The first kappa shape index (κ1) is 11.3. The predicted octanol–water partition coefficient (Wildman–Crippen LogP) is 1.11. The molecule has 1 rings (SSSR count). The van der Waals surface area contributed by atoms with Crippen molar-refractivity contribution in [2.45, 2.75) is 25.7 Å². The summed E-state index contributed by atoms with van der Waals surface area (Å²) >= 11 is 0. The van der Waals surface area contributed by atoms with Gasteiger partial charge in [-0.25, -0.2) is 4.79 Å². The Labute approximate surface area is 85.2 Å². The van der Waals surface area contributed by atoms with Crippen LogP contribution in [0.2, 0.25) is 0 Å². The Morgan fingerprint density at radius 2 is 2.07 bits per heavy atom. The fourth-order valence-corrected chi connectivity index (χ4v) is 2.07. The number of carbonyl (C=O) groups is 1. The minimum absolute atomic E-state index is 0.341. The third-order valence-corrected chi connectivity index (χ3v) is 3.00. The molecule has 4 nitrogen and oxygen atoms in total. The van der Waals surface area contributed by atoms with Gasteiger partial charge in [-0.15, -0.1) is 0 Å². The van der Waals surface area contributed by atoms with Gasteiger partial charge in [-0.05, 0) is 31.2 Å². The number of alkyl carbamates (subject to hydrolysis) is 1. The first-order valence-corrected chi connectivity index (χ1v) is 5.32. The summed E-state index contributed by atoms with van der Waals surface area (Å²) in [6.45, 7) is 1.23. The van der Waals surface area contributed by atoms with Crippen LogP contribution in [0.5, 0.6) is 0 Å². The van der Waals surface area contributed by atoms with Gasteiger partial charge in [0.05, 0.1) is 6.61 Å². The molecule has 0 aromatic rings. The molecular weight excluding hydrogens is 180 g/mol. The second-order valence-electron chi connectivity index (χ2n) is 3.89. The van der Waals surface area contributed by atoms with Crippen molar-refractivity contribution in [2.75, 3.05) is 20.2 Å². The van der Waals surface area contributed by atoms with E-state index < -0.39 is 0 Å². The molecule has 82 valence electrons. The van der Waals surface area contributed by atoms with Gasteiger partial charge in [0.15, 0.2) is 0 Å². The van der Waals surface area contributed by atoms with E-state index in [0.29, 0.717) is 25.0 Å². The molecule has 0 radical (unpaired) electrons. The van der Waals surface area contributed by atoms with Crippen molar-refractivity contribution >= 4 is 6.09 Å². The Hall–Kier alpha value is -0.770. The van der Waals surface area contributed by atoms with Crippen molar-refractivity contribution in [3.05, 3.63) is 0 Å². The van der Waals surface area contributed by atoms with Gasteiger partial charge in [-0.1, -0.05) is 12.8 Å². The number of amides is 1. The highest BCUT2D eigenvalue weighted by Crippen LogP contribution is 2.29. The molecule has 0 spiro atoms. The van der Waals surface area contributed by atoms with Gasteiger partial charge < -0.3 is 15.8 Å². The largest absolute Gasteiger partial charge is 0.449 e. The lowest BCUT2D eigenvalue weighted by atomic mass is 9.80. The average molecular weight is 200 g/mol. The van der Waals surface area contributed by atoms with Gasteiger partial charge in [0.2, 0.25) is 0 Å². The van der Waals surface area contributed by atoms with E-state index in [1.54, 1.807) is 7.05 Å².